The zero-order valence-corrected chi connectivity index (χ0v) is 15.6. The van der Waals surface area contributed by atoms with E-state index in [9.17, 15) is 13.6 Å². The van der Waals surface area contributed by atoms with E-state index in [1.165, 1.54) is 10.5 Å². The molecule has 3 aliphatic heterocycles. The number of piperazine rings is 1. The second kappa shape index (κ2) is 7.81. The highest BCUT2D eigenvalue weighted by Gasteiger charge is 2.43. The molecule has 7 heteroatoms. The molecule has 4 rings (SSSR count). The molecule has 3 fully saturated rings. The Kier molecular flexibility index (Phi) is 5.43. The molecule has 3 heterocycles. The lowest BCUT2D eigenvalue weighted by Crippen LogP contribution is -2.50. The van der Waals surface area contributed by atoms with Crippen LogP contribution < -0.4 is 5.32 Å². The van der Waals surface area contributed by atoms with Crippen LogP contribution in [0.1, 0.15) is 18.4 Å². The summed E-state index contributed by atoms with van der Waals surface area (Å²) in [4.78, 5) is 18.8. The van der Waals surface area contributed by atoms with Gasteiger partial charge in [0.05, 0.1) is 12.6 Å². The molecule has 0 spiro atoms. The van der Waals surface area contributed by atoms with E-state index in [1.807, 2.05) is 6.07 Å². The van der Waals surface area contributed by atoms with E-state index in [-0.39, 0.29) is 24.9 Å². The summed E-state index contributed by atoms with van der Waals surface area (Å²) in [5.74, 6) is -2.87. The van der Waals surface area contributed by atoms with E-state index in [2.05, 4.69) is 39.4 Å². The molecule has 0 aromatic heterocycles. The Morgan fingerprint density at radius 3 is 2.52 bits per heavy atom. The molecule has 1 aromatic rings. The first-order valence-electron chi connectivity index (χ1n) is 9.90. The fourth-order valence-electron chi connectivity index (χ4n) is 4.46. The number of rotatable bonds is 4. The van der Waals surface area contributed by atoms with E-state index in [0.717, 1.165) is 45.7 Å². The van der Waals surface area contributed by atoms with Crippen LogP contribution >= 0.6 is 0 Å². The number of likely N-dealkylation sites (tertiary alicyclic amines) is 1. The second-order valence-corrected chi connectivity index (χ2v) is 8.01. The van der Waals surface area contributed by atoms with E-state index < -0.39 is 12.5 Å². The molecule has 0 aliphatic carbocycles. The van der Waals surface area contributed by atoms with Crippen LogP contribution in [0.3, 0.4) is 0 Å². The molecule has 148 valence electrons. The van der Waals surface area contributed by atoms with Crippen molar-refractivity contribution in [2.24, 2.45) is 0 Å². The van der Waals surface area contributed by atoms with E-state index in [4.69, 9.17) is 0 Å². The maximum Gasteiger partial charge on any atom is 0.267 e. The van der Waals surface area contributed by atoms with Crippen LogP contribution in [0.25, 0.3) is 0 Å². The molecule has 2 atom stereocenters. The monoisotopic (exact) mass is 378 g/mol. The van der Waals surface area contributed by atoms with Crippen molar-refractivity contribution in [1.29, 1.82) is 0 Å². The fraction of sp³-hybridized carbons (Fsp3) is 0.650. The van der Waals surface area contributed by atoms with E-state index in [0.29, 0.717) is 6.04 Å². The number of amides is 1. The summed E-state index contributed by atoms with van der Waals surface area (Å²) in [6.45, 7) is 5.50. The summed E-state index contributed by atoms with van der Waals surface area (Å²) < 4.78 is 26.8. The summed E-state index contributed by atoms with van der Waals surface area (Å²) in [5.41, 5.74) is 1.33. The van der Waals surface area contributed by atoms with Crippen molar-refractivity contribution in [2.75, 3.05) is 45.8 Å². The summed E-state index contributed by atoms with van der Waals surface area (Å²) in [7, 11) is 0. The van der Waals surface area contributed by atoms with Gasteiger partial charge in [0, 0.05) is 58.3 Å². The number of nitrogens with zero attached hydrogens (tertiary/aromatic N) is 3. The number of alkyl halides is 2. The lowest BCUT2D eigenvalue weighted by molar-refractivity contribution is -0.133. The average Bonchev–Trinajstić information content (AvgIpc) is 3.29. The van der Waals surface area contributed by atoms with Gasteiger partial charge in [-0.15, -0.1) is 0 Å². The molecule has 0 radical (unpaired) electrons. The van der Waals surface area contributed by atoms with Gasteiger partial charge in [0.2, 0.25) is 5.91 Å². The van der Waals surface area contributed by atoms with Gasteiger partial charge in [-0.05, 0) is 12.0 Å². The van der Waals surface area contributed by atoms with Crippen molar-refractivity contribution in [1.82, 2.24) is 20.0 Å². The summed E-state index contributed by atoms with van der Waals surface area (Å²) in [5, 5.41) is 3.27. The molecule has 1 N–H and O–H groups in total. The minimum atomic E-state index is -2.72. The largest absolute Gasteiger partial charge is 0.335 e. The maximum absolute atomic E-state index is 13.4. The highest BCUT2D eigenvalue weighted by atomic mass is 19.3. The zero-order chi connectivity index (χ0) is 18.9. The Bertz CT molecular complexity index is 649. The first-order chi connectivity index (χ1) is 13.0. The molecule has 5 nitrogen and oxygen atoms in total. The van der Waals surface area contributed by atoms with Gasteiger partial charge in [-0.25, -0.2) is 8.78 Å². The van der Waals surface area contributed by atoms with Crippen molar-refractivity contribution in [3.05, 3.63) is 35.9 Å². The van der Waals surface area contributed by atoms with Crippen LogP contribution in [0.4, 0.5) is 8.78 Å². The zero-order valence-electron chi connectivity index (χ0n) is 15.6. The van der Waals surface area contributed by atoms with Crippen LogP contribution in [0.15, 0.2) is 30.3 Å². The van der Waals surface area contributed by atoms with Crippen LogP contribution in [0.5, 0.6) is 0 Å². The topological polar surface area (TPSA) is 38.8 Å². The SMILES string of the molecule is O=C([C@@H]1C[C@H](N2CCN(Cc3ccccc3)CC2)CN1)N1CCC(F)(F)C1. The molecule has 3 aliphatic rings. The Morgan fingerprint density at radius 1 is 1.11 bits per heavy atom. The number of halogens is 2. The Hall–Kier alpha value is -1.57. The summed E-state index contributed by atoms with van der Waals surface area (Å²) in [6, 6.07) is 10.5. The van der Waals surface area contributed by atoms with Crippen molar-refractivity contribution >= 4 is 5.91 Å². The molecule has 1 amide bonds. The number of hydrogen-bond donors (Lipinski definition) is 1. The highest BCUT2D eigenvalue weighted by molar-refractivity contribution is 5.82. The number of hydrogen-bond acceptors (Lipinski definition) is 4. The third-order valence-electron chi connectivity index (χ3n) is 6.06. The van der Waals surface area contributed by atoms with Crippen LogP contribution in [0.2, 0.25) is 0 Å². The number of nitrogens with one attached hydrogen (secondary N) is 1. The van der Waals surface area contributed by atoms with Gasteiger partial charge in [0.15, 0.2) is 0 Å². The van der Waals surface area contributed by atoms with Crippen molar-refractivity contribution in [3.63, 3.8) is 0 Å². The highest BCUT2D eigenvalue weighted by Crippen LogP contribution is 2.28. The van der Waals surface area contributed by atoms with Crippen LogP contribution in [0, 0.1) is 0 Å². The number of carbonyl (C=O) groups is 1. The first-order valence-corrected chi connectivity index (χ1v) is 9.90. The second-order valence-electron chi connectivity index (χ2n) is 8.01. The Morgan fingerprint density at radius 2 is 1.85 bits per heavy atom. The Balaban J connectivity index is 1.24. The van der Waals surface area contributed by atoms with Gasteiger partial charge in [0.1, 0.15) is 0 Å². The molecule has 27 heavy (non-hydrogen) atoms. The molecule has 0 bridgehead atoms. The fourth-order valence-corrected chi connectivity index (χ4v) is 4.46. The smallest absolute Gasteiger partial charge is 0.267 e. The molecular formula is C20H28F2N4O. The summed E-state index contributed by atoms with van der Waals surface area (Å²) >= 11 is 0. The standard InChI is InChI=1S/C20H28F2N4O/c21-20(22)6-7-26(15-20)19(27)18-12-17(13-23-18)25-10-8-24(9-11-25)14-16-4-2-1-3-5-16/h1-5,17-18,23H,6-15H2/t17-,18-/m0/s1. The minimum Gasteiger partial charge on any atom is -0.335 e. The molecule has 0 unspecified atom stereocenters. The Labute approximate surface area is 159 Å². The molecule has 0 saturated carbocycles. The maximum atomic E-state index is 13.4. The number of benzene rings is 1. The molecule has 3 saturated heterocycles. The van der Waals surface area contributed by atoms with Gasteiger partial charge in [-0.3, -0.25) is 14.6 Å². The predicted octanol–water partition coefficient (Wildman–Crippen LogP) is 1.40. The average molecular weight is 378 g/mol. The van der Waals surface area contributed by atoms with Gasteiger partial charge in [0.25, 0.3) is 5.92 Å². The lowest BCUT2D eigenvalue weighted by Gasteiger charge is -2.38. The number of carbonyl (C=O) groups excluding carboxylic acids is 1. The van der Waals surface area contributed by atoms with Crippen LogP contribution in [-0.4, -0.2) is 84.4 Å². The van der Waals surface area contributed by atoms with Crippen molar-refractivity contribution in [3.8, 4) is 0 Å². The molecule has 1 aromatic carbocycles. The predicted molar refractivity (Wildman–Crippen MR) is 99.6 cm³/mol. The van der Waals surface area contributed by atoms with Gasteiger partial charge >= 0.3 is 0 Å². The quantitative estimate of drug-likeness (QED) is 0.860. The minimum absolute atomic E-state index is 0.155. The van der Waals surface area contributed by atoms with E-state index in [1.54, 1.807) is 0 Å². The van der Waals surface area contributed by atoms with Crippen molar-refractivity contribution < 1.29 is 13.6 Å². The van der Waals surface area contributed by atoms with Gasteiger partial charge in [-0.1, -0.05) is 30.3 Å². The van der Waals surface area contributed by atoms with Crippen molar-refractivity contribution in [2.45, 2.75) is 37.4 Å². The van der Waals surface area contributed by atoms with Crippen LogP contribution in [-0.2, 0) is 11.3 Å². The third kappa shape index (κ3) is 4.47. The molecular weight excluding hydrogens is 350 g/mol. The van der Waals surface area contributed by atoms with Gasteiger partial charge in [-0.2, -0.15) is 0 Å². The summed E-state index contributed by atoms with van der Waals surface area (Å²) in [6.07, 6.45) is 0.512. The van der Waals surface area contributed by atoms with Gasteiger partial charge < -0.3 is 10.2 Å². The van der Waals surface area contributed by atoms with E-state index >= 15 is 0 Å². The third-order valence-corrected chi connectivity index (χ3v) is 6.06. The normalized spacial score (nSPS) is 29.3. The first kappa shape index (κ1) is 18.8. The lowest BCUT2D eigenvalue weighted by atomic mass is 10.1.